The molecule has 2 atom stereocenters. The van der Waals surface area contributed by atoms with E-state index < -0.39 is 6.61 Å². The van der Waals surface area contributed by atoms with E-state index in [1.54, 1.807) is 31.3 Å². The van der Waals surface area contributed by atoms with Gasteiger partial charge in [-0.2, -0.15) is 8.78 Å². The molecule has 1 heterocycles. The summed E-state index contributed by atoms with van der Waals surface area (Å²) in [5.41, 5.74) is 2.18. The normalized spacial score (nSPS) is 18.8. The number of benzene rings is 2. The molecule has 3 rings (SSSR count). The molecule has 1 fully saturated rings. The SMILES string of the molecule is CN=C(NCC1CCOC1c1ccccc1)N(C)Cc1ccc(OC(F)F)cc1.I. The first-order valence-electron chi connectivity index (χ1n) is 9.69. The predicted octanol–water partition coefficient (Wildman–Crippen LogP) is 4.69. The molecule has 2 aromatic carbocycles. The van der Waals surface area contributed by atoms with Crippen molar-refractivity contribution in [3.63, 3.8) is 0 Å². The zero-order chi connectivity index (χ0) is 20.6. The van der Waals surface area contributed by atoms with Crippen molar-refractivity contribution in [1.29, 1.82) is 0 Å². The van der Waals surface area contributed by atoms with Gasteiger partial charge in [-0.3, -0.25) is 4.99 Å². The molecule has 1 aliphatic rings. The fourth-order valence-electron chi connectivity index (χ4n) is 3.59. The molecule has 2 unspecified atom stereocenters. The molecule has 0 radical (unpaired) electrons. The van der Waals surface area contributed by atoms with Gasteiger partial charge in [0.05, 0.1) is 6.10 Å². The van der Waals surface area contributed by atoms with Gasteiger partial charge < -0.3 is 19.7 Å². The van der Waals surface area contributed by atoms with Crippen LogP contribution in [0.5, 0.6) is 5.75 Å². The van der Waals surface area contributed by atoms with Crippen molar-refractivity contribution >= 4 is 29.9 Å². The van der Waals surface area contributed by atoms with Crippen LogP contribution in [0.1, 0.15) is 23.7 Å². The van der Waals surface area contributed by atoms with E-state index in [2.05, 4.69) is 27.2 Å². The summed E-state index contributed by atoms with van der Waals surface area (Å²) >= 11 is 0. The van der Waals surface area contributed by atoms with Crippen molar-refractivity contribution in [3.8, 4) is 5.75 Å². The van der Waals surface area contributed by atoms with E-state index in [0.717, 1.165) is 31.1 Å². The van der Waals surface area contributed by atoms with Gasteiger partial charge in [-0.25, -0.2) is 0 Å². The minimum absolute atomic E-state index is 0. The maximum atomic E-state index is 12.3. The van der Waals surface area contributed by atoms with Gasteiger partial charge in [0, 0.05) is 39.7 Å². The van der Waals surface area contributed by atoms with E-state index in [1.165, 1.54) is 5.56 Å². The Morgan fingerprint density at radius 2 is 1.90 bits per heavy atom. The number of rotatable bonds is 7. The van der Waals surface area contributed by atoms with Crippen molar-refractivity contribution in [2.75, 3.05) is 27.2 Å². The zero-order valence-electron chi connectivity index (χ0n) is 17.1. The fraction of sp³-hybridized carbons (Fsp3) is 0.409. The highest BCUT2D eigenvalue weighted by molar-refractivity contribution is 14.0. The maximum Gasteiger partial charge on any atom is 0.387 e. The third-order valence-corrected chi connectivity index (χ3v) is 5.01. The van der Waals surface area contributed by atoms with E-state index in [1.807, 2.05) is 30.1 Å². The highest BCUT2D eigenvalue weighted by Crippen LogP contribution is 2.33. The summed E-state index contributed by atoms with van der Waals surface area (Å²) in [6, 6.07) is 16.9. The quantitative estimate of drug-likeness (QED) is 0.320. The number of ether oxygens (including phenoxy) is 2. The van der Waals surface area contributed by atoms with E-state index in [4.69, 9.17) is 4.74 Å². The zero-order valence-corrected chi connectivity index (χ0v) is 19.5. The molecule has 0 saturated carbocycles. The standard InChI is InChI=1S/C22H27F2N3O2.HI/c1-25-22(27(2)15-16-8-10-19(11-9-16)29-21(23)24)26-14-18-12-13-28-20(18)17-6-4-3-5-7-17;/h3-11,18,20-21H,12-15H2,1-2H3,(H,25,26);1H. The number of hydrogen-bond acceptors (Lipinski definition) is 3. The molecule has 1 saturated heterocycles. The fourth-order valence-corrected chi connectivity index (χ4v) is 3.59. The van der Waals surface area contributed by atoms with Crippen LogP contribution in [0, 0.1) is 5.92 Å². The third kappa shape index (κ3) is 6.80. The van der Waals surface area contributed by atoms with Crippen LogP contribution < -0.4 is 10.1 Å². The van der Waals surface area contributed by atoms with Crippen LogP contribution in [0.4, 0.5) is 8.78 Å². The number of guanidine groups is 1. The third-order valence-electron chi connectivity index (χ3n) is 5.01. The lowest BCUT2D eigenvalue weighted by Crippen LogP contribution is -2.41. The molecule has 1 aliphatic heterocycles. The average molecular weight is 531 g/mol. The first-order valence-corrected chi connectivity index (χ1v) is 9.69. The van der Waals surface area contributed by atoms with Gasteiger partial charge in [-0.05, 0) is 29.7 Å². The molecular formula is C22H28F2IN3O2. The van der Waals surface area contributed by atoms with Crippen LogP contribution >= 0.6 is 24.0 Å². The first-order chi connectivity index (χ1) is 14.1. The number of aliphatic imine (C=N–C) groups is 1. The van der Waals surface area contributed by atoms with E-state index in [9.17, 15) is 8.78 Å². The topological polar surface area (TPSA) is 46.1 Å². The lowest BCUT2D eigenvalue weighted by atomic mass is 9.95. The molecule has 5 nitrogen and oxygen atoms in total. The highest BCUT2D eigenvalue weighted by Gasteiger charge is 2.29. The van der Waals surface area contributed by atoms with Crippen molar-refractivity contribution in [2.24, 2.45) is 10.9 Å². The molecule has 30 heavy (non-hydrogen) atoms. The highest BCUT2D eigenvalue weighted by atomic mass is 127. The second-order valence-corrected chi connectivity index (χ2v) is 7.06. The Labute approximate surface area is 193 Å². The van der Waals surface area contributed by atoms with Gasteiger partial charge >= 0.3 is 6.61 Å². The molecule has 2 aromatic rings. The van der Waals surface area contributed by atoms with Crippen molar-refractivity contribution in [1.82, 2.24) is 10.2 Å². The molecule has 0 amide bonds. The van der Waals surface area contributed by atoms with Crippen LogP contribution in [0.25, 0.3) is 0 Å². The van der Waals surface area contributed by atoms with E-state index in [0.29, 0.717) is 12.5 Å². The number of nitrogens with one attached hydrogen (secondary N) is 1. The van der Waals surface area contributed by atoms with Gasteiger partial charge in [0.1, 0.15) is 5.75 Å². The Kier molecular flexibility index (Phi) is 9.77. The Bertz CT molecular complexity index is 791. The summed E-state index contributed by atoms with van der Waals surface area (Å²) in [6.07, 6.45) is 1.09. The van der Waals surface area contributed by atoms with Crippen LogP contribution in [0.3, 0.4) is 0 Å². The predicted molar refractivity (Wildman–Crippen MR) is 125 cm³/mol. The van der Waals surface area contributed by atoms with Gasteiger partial charge in [0.2, 0.25) is 0 Å². The Morgan fingerprint density at radius 3 is 2.53 bits per heavy atom. The second-order valence-electron chi connectivity index (χ2n) is 7.06. The largest absolute Gasteiger partial charge is 0.435 e. The van der Waals surface area contributed by atoms with Crippen molar-refractivity contribution in [2.45, 2.75) is 25.7 Å². The molecule has 1 N–H and O–H groups in total. The van der Waals surface area contributed by atoms with Crippen LogP contribution in [0.15, 0.2) is 59.6 Å². The lowest BCUT2D eigenvalue weighted by molar-refractivity contribution is -0.0498. The first kappa shape index (κ1) is 24.3. The lowest BCUT2D eigenvalue weighted by Gasteiger charge is -2.25. The van der Waals surface area contributed by atoms with Gasteiger partial charge in [0.15, 0.2) is 5.96 Å². The van der Waals surface area contributed by atoms with Gasteiger partial charge in [0.25, 0.3) is 0 Å². The maximum absolute atomic E-state index is 12.3. The Morgan fingerprint density at radius 1 is 1.20 bits per heavy atom. The van der Waals surface area contributed by atoms with Gasteiger partial charge in [-0.15, -0.1) is 24.0 Å². The number of alkyl halides is 2. The summed E-state index contributed by atoms with van der Waals surface area (Å²) in [6.45, 7) is -0.700. The van der Waals surface area contributed by atoms with Crippen LogP contribution in [0.2, 0.25) is 0 Å². The molecule has 164 valence electrons. The Hall–Kier alpha value is -1.94. The summed E-state index contributed by atoms with van der Waals surface area (Å²) < 4.78 is 34.9. The average Bonchev–Trinajstić information content (AvgIpc) is 3.19. The number of nitrogens with zero attached hydrogens (tertiary/aromatic N) is 2. The summed E-state index contributed by atoms with van der Waals surface area (Å²) in [5.74, 6) is 1.30. The molecule has 0 aromatic heterocycles. The van der Waals surface area contributed by atoms with Crippen molar-refractivity contribution in [3.05, 3.63) is 65.7 Å². The van der Waals surface area contributed by atoms with Crippen LogP contribution in [-0.2, 0) is 11.3 Å². The van der Waals surface area contributed by atoms with Crippen molar-refractivity contribution < 1.29 is 18.3 Å². The van der Waals surface area contributed by atoms with Crippen LogP contribution in [-0.4, -0.2) is 44.7 Å². The summed E-state index contributed by atoms with van der Waals surface area (Å²) in [4.78, 5) is 6.36. The summed E-state index contributed by atoms with van der Waals surface area (Å²) in [5, 5.41) is 3.44. The molecular weight excluding hydrogens is 503 g/mol. The van der Waals surface area contributed by atoms with E-state index >= 15 is 0 Å². The minimum atomic E-state index is -2.81. The monoisotopic (exact) mass is 531 g/mol. The number of halogens is 3. The molecule has 0 spiro atoms. The minimum Gasteiger partial charge on any atom is -0.435 e. The molecule has 8 heteroatoms. The Balaban J connectivity index is 0.00000320. The van der Waals surface area contributed by atoms with E-state index in [-0.39, 0.29) is 35.8 Å². The second kappa shape index (κ2) is 12.0. The molecule has 0 bridgehead atoms. The van der Waals surface area contributed by atoms with Gasteiger partial charge in [-0.1, -0.05) is 42.5 Å². The smallest absolute Gasteiger partial charge is 0.387 e. The number of hydrogen-bond donors (Lipinski definition) is 1. The summed E-state index contributed by atoms with van der Waals surface area (Å²) in [7, 11) is 3.69. The molecule has 0 aliphatic carbocycles.